The Morgan fingerprint density at radius 1 is 1.00 bits per heavy atom. The number of aliphatic carboxylic acids is 2. The molecule has 0 aliphatic rings. The molecule has 0 aromatic heterocycles. The number of aliphatic hydroxyl groups excluding tert-OH is 1. The average Bonchev–Trinajstić information content (AvgIpc) is 2.13. The van der Waals surface area contributed by atoms with Gasteiger partial charge in [0.2, 0.25) is 0 Å². The summed E-state index contributed by atoms with van der Waals surface area (Å²) in [5, 5.41) is 35.4. The zero-order valence-corrected chi connectivity index (χ0v) is 13.4. The van der Waals surface area contributed by atoms with Crippen LogP contribution >= 0.6 is 0 Å². The maximum atomic E-state index is 11.0. The van der Waals surface area contributed by atoms with Crippen molar-refractivity contribution < 1.29 is 30.0 Å². The van der Waals surface area contributed by atoms with Crippen molar-refractivity contribution in [3.63, 3.8) is 0 Å². The highest BCUT2D eigenvalue weighted by atomic mass is 16.4. The van der Waals surface area contributed by atoms with Gasteiger partial charge in [-0.1, -0.05) is 20.8 Å². The van der Waals surface area contributed by atoms with Gasteiger partial charge in [0.25, 0.3) is 0 Å². The number of carbonyl (C=O) groups is 2. The minimum Gasteiger partial charge on any atom is -0.481 e. The first-order valence-electron chi connectivity index (χ1n) is 6.43. The molecule has 0 radical (unpaired) electrons. The van der Waals surface area contributed by atoms with Crippen LogP contribution in [0.3, 0.4) is 0 Å². The molecule has 2 atom stereocenters. The summed E-state index contributed by atoms with van der Waals surface area (Å²) in [7, 11) is 0. The van der Waals surface area contributed by atoms with Crippen LogP contribution in [0, 0.1) is 10.8 Å². The summed E-state index contributed by atoms with van der Waals surface area (Å²) in [6, 6.07) is 0. The predicted molar refractivity (Wildman–Crippen MR) is 75.4 cm³/mol. The summed E-state index contributed by atoms with van der Waals surface area (Å²) in [5.41, 5.74) is -2.86. The second-order valence-electron chi connectivity index (χ2n) is 6.70. The summed E-state index contributed by atoms with van der Waals surface area (Å²) in [4.78, 5) is 20.6. The van der Waals surface area contributed by atoms with Crippen LogP contribution in [-0.4, -0.2) is 44.1 Å². The van der Waals surface area contributed by atoms with Crippen LogP contribution in [0.4, 0.5) is 0 Å². The summed E-state index contributed by atoms with van der Waals surface area (Å²) in [6.07, 6.45) is -0.891. The smallest absolute Gasteiger partial charge is 0.312 e. The van der Waals surface area contributed by atoms with E-state index in [-0.39, 0.29) is 6.42 Å². The summed E-state index contributed by atoms with van der Waals surface area (Å²) >= 11 is 0. The third kappa shape index (κ3) is 5.88. The highest BCUT2D eigenvalue weighted by molar-refractivity contribution is 5.75. The molecule has 20 heavy (non-hydrogen) atoms. The van der Waals surface area contributed by atoms with Gasteiger partial charge in [-0.2, -0.15) is 0 Å². The monoisotopic (exact) mass is 292 g/mol. The minimum absolute atomic E-state index is 0.167. The molecule has 0 saturated heterocycles. The van der Waals surface area contributed by atoms with Crippen LogP contribution in [0.15, 0.2) is 0 Å². The molecule has 0 aromatic rings. The quantitative estimate of drug-likeness (QED) is 0.627. The fourth-order valence-corrected chi connectivity index (χ4v) is 1.40. The maximum Gasteiger partial charge on any atom is 0.312 e. The summed E-state index contributed by atoms with van der Waals surface area (Å²) in [6.45, 7) is 11.6. The molecular formula is C14H28O6. The van der Waals surface area contributed by atoms with Gasteiger partial charge >= 0.3 is 11.9 Å². The van der Waals surface area contributed by atoms with Gasteiger partial charge in [-0.05, 0) is 33.1 Å². The van der Waals surface area contributed by atoms with Crippen LogP contribution in [0.25, 0.3) is 0 Å². The first kappa shape index (κ1) is 21.2. The summed E-state index contributed by atoms with van der Waals surface area (Å²) < 4.78 is 0. The highest BCUT2D eigenvalue weighted by Crippen LogP contribution is 2.43. The number of carboxylic acids is 2. The van der Waals surface area contributed by atoms with Gasteiger partial charge in [-0.25, -0.2) is 0 Å². The largest absolute Gasteiger partial charge is 0.481 e. The molecule has 0 aliphatic heterocycles. The van der Waals surface area contributed by atoms with Crippen molar-refractivity contribution >= 4 is 11.9 Å². The molecule has 120 valence electrons. The molecule has 0 aromatic carbocycles. The van der Waals surface area contributed by atoms with Crippen LogP contribution in [-0.2, 0) is 9.59 Å². The third-order valence-corrected chi connectivity index (χ3v) is 3.68. The van der Waals surface area contributed by atoms with Crippen molar-refractivity contribution in [2.75, 3.05) is 0 Å². The molecule has 6 heteroatoms. The Morgan fingerprint density at radius 3 is 1.40 bits per heavy atom. The maximum absolute atomic E-state index is 11.0. The Labute approximate surface area is 120 Å². The van der Waals surface area contributed by atoms with Crippen LogP contribution < -0.4 is 0 Å². The van der Waals surface area contributed by atoms with E-state index in [2.05, 4.69) is 0 Å². The zero-order chi connectivity index (χ0) is 16.9. The minimum atomic E-state index is -1.24. The Kier molecular flexibility index (Phi) is 7.45. The van der Waals surface area contributed by atoms with E-state index in [4.69, 9.17) is 15.3 Å². The normalized spacial score (nSPS) is 16.4. The molecule has 6 nitrogen and oxygen atoms in total. The number of rotatable bonds is 4. The van der Waals surface area contributed by atoms with Crippen LogP contribution in [0.1, 0.15) is 54.9 Å². The first-order chi connectivity index (χ1) is 8.57. The van der Waals surface area contributed by atoms with Crippen molar-refractivity contribution in [1.82, 2.24) is 0 Å². The second kappa shape index (κ2) is 7.04. The standard InChI is InChI=1S/C10H20O3.C4H8O3/c1-8(2,3)10(6,13)9(4,5)7(11)12;1-3(5)2-4(6)7/h13H,1-6H3,(H,11,12);3,5H,2H2,1H3,(H,6,7)/t10-;3-/m11/s1. The van der Waals surface area contributed by atoms with E-state index in [1.165, 1.54) is 6.92 Å². The van der Waals surface area contributed by atoms with E-state index >= 15 is 0 Å². The molecule has 0 rings (SSSR count). The van der Waals surface area contributed by atoms with Crippen LogP contribution in [0.2, 0.25) is 0 Å². The lowest BCUT2D eigenvalue weighted by atomic mass is 9.63. The predicted octanol–water partition coefficient (Wildman–Crippen LogP) is 1.74. The number of hydrogen-bond donors (Lipinski definition) is 4. The molecule has 0 fully saturated rings. The molecule has 0 spiro atoms. The van der Waals surface area contributed by atoms with E-state index in [9.17, 15) is 14.7 Å². The molecule has 0 heterocycles. The molecule has 0 saturated carbocycles. The van der Waals surface area contributed by atoms with E-state index in [1.807, 2.05) is 20.8 Å². The van der Waals surface area contributed by atoms with Crippen molar-refractivity contribution in [2.24, 2.45) is 10.8 Å². The van der Waals surface area contributed by atoms with Gasteiger partial charge < -0.3 is 20.4 Å². The van der Waals surface area contributed by atoms with E-state index in [0.717, 1.165) is 0 Å². The molecule has 0 amide bonds. The fraction of sp³-hybridized carbons (Fsp3) is 0.857. The van der Waals surface area contributed by atoms with E-state index in [1.54, 1.807) is 20.8 Å². The topological polar surface area (TPSA) is 115 Å². The molecule has 0 aliphatic carbocycles. The third-order valence-electron chi connectivity index (χ3n) is 3.68. The SMILES string of the molecule is CC(C)(C)[C@@](C)(O)C(C)(C)C(=O)O.C[C@@H](O)CC(=O)O. The van der Waals surface area contributed by atoms with Crippen molar-refractivity contribution in [3.8, 4) is 0 Å². The molecule has 0 unspecified atom stereocenters. The van der Waals surface area contributed by atoms with E-state index in [0.29, 0.717) is 0 Å². The Morgan fingerprint density at radius 2 is 1.35 bits per heavy atom. The van der Waals surface area contributed by atoms with Crippen molar-refractivity contribution in [1.29, 1.82) is 0 Å². The summed E-state index contributed by atoms with van der Waals surface area (Å²) in [5.74, 6) is -1.94. The Balaban J connectivity index is 0. The van der Waals surface area contributed by atoms with Gasteiger partial charge in [0.1, 0.15) is 0 Å². The van der Waals surface area contributed by atoms with Gasteiger partial charge in [-0.15, -0.1) is 0 Å². The van der Waals surface area contributed by atoms with E-state index < -0.39 is 34.5 Å². The first-order valence-corrected chi connectivity index (χ1v) is 6.43. The number of carboxylic acid groups (broad SMARTS) is 2. The number of aliphatic hydroxyl groups is 2. The zero-order valence-electron chi connectivity index (χ0n) is 13.4. The van der Waals surface area contributed by atoms with Crippen LogP contribution in [0.5, 0.6) is 0 Å². The van der Waals surface area contributed by atoms with Gasteiger partial charge in [0, 0.05) is 0 Å². The van der Waals surface area contributed by atoms with Crippen molar-refractivity contribution in [2.45, 2.75) is 66.6 Å². The average molecular weight is 292 g/mol. The van der Waals surface area contributed by atoms with Gasteiger partial charge in [-0.3, -0.25) is 9.59 Å². The molecular weight excluding hydrogens is 264 g/mol. The lowest BCUT2D eigenvalue weighted by molar-refractivity contribution is -0.178. The molecule has 0 bridgehead atoms. The van der Waals surface area contributed by atoms with Gasteiger partial charge in [0.05, 0.1) is 23.5 Å². The van der Waals surface area contributed by atoms with Gasteiger partial charge in [0.15, 0.2) is 0 Å². The lowest BCUT2D eigenvalue weighted by Crippen LogP contribution is -2.55. The molecule has 4 N–H and O–H groups in total. The Bertz CT molecular complexity index is 336. The fourth-order valence-electron chi connectivity index (χ4n) is 1.40. The highest BCUT2D eigenvalue weighted by Gasteiger charge is 2.52. The van der Waals surface area contributed by atoms with Crippen molar-refractivity contribution in [3.05, 3.63) is 0 Å². The Hall–Kier alpha value is -1.14. The second-order valence-corrected chi connectivity index (χ2v) is 6.70. The number of hydrogen-bond acceptors (Lipinski definition) is 4. The lowest BCUT2D eigenvalue weighted by Gasteiger charge is -2.46.